The van der Waals surface area contributed by atoms with E-state index in [1.807, 2.05) is 4.90 Å². The van der Waals surface area contributed by atoms with E-state index in [0.717, 1.165) is 12.8 Å². The van der Waals surface area contributed by atoms with Crippen LogP contribution in [0.25, 0.3) is 0 Å². The van der Waals surface area contributed by atoms with E-state index in [-0.39, 0.29) is 31.2 Å². The Labute approximate surface area is 206 Å². The van der Waals surface area contributed by atoms with Crippen molar-refractivity contribution in [1.82, 2.24) is 21.1 Å². The third-order valence-electron chi connectivity index (χ3n) is 9.16. The van der Waals surface area contributed by atoms with Gasteiger partial charge in [-0.3, -0.25) is 10.2 Å². The Morgan fingerprint density at radius 3 is 2.28 bits per heavy atom. The summed E-state index contributed by atoms with van der Waals surface area (Å²) in [7, 11) is 0. The summed E-state index contributed by atoms with van der Waals surface area (Å²) in [5.41, 5.74) is 11.4. The van der Waals surface area contributed by atoms with E-state index in [0.29, 0.717) is 32.2 Å². The molecule has 5 aliphatic rings. The Kier molecular flexibility index (Phi) is 7.54. The maximum atomic E-state index is 14.9. The number of hydrazine groups is 1. The van der Waals surface area contributed by atoms with Gasteiger partial charge in [-0.15, -0.1) is 0 Å². The second-order valence-electron chi connectivity index (χ2n) is 11.3. The minimum absolute atomic E-state index is 0.0491. The lowest BCUT2D eigenvalue weighted by atomic mass is 9.71. The maximum absolute atomic E-state index is 14.9. The van der Waals surface area contributed by atoms with Crippen molar-refractivity contribution in [3.05, 3.63) is 0 Å². The molecule has 13 heteroatoms. The van der Waals surface area contributed by atoms with Gasteiger partial charge in [-0.1, -0.05) is 12.8 Å². The number of halogens is 7. The van der Waals surface area contributed by atoms with Gasteiger partial charge in [-0.05, 0) is 57.4 Å². The summed E-state index contributed by atoms with van der Waals surface area (Å²) in [6.07, 6.45) is -10.5. The molecule has 6 bridgehead atoms. The van der Waals surface area contributed by atoms with Crippen LogP contribution in [0.3, 0.4) is 0 Å². The van der Waals surface area contributed by atoms with E-state index < -0.39 is 67.0 Å². The van der Waals surface area contributed by atoms with Crippen LogP contribution in [0.5, 0.6) is 0 Å². The first kappa shape index (κ1) is 26.9. The predicted octanol–water partition coefficient (Wildman–Crippen LogP) is 3.54. The van der Waals surface area contributed by atoms with Gasteiger partial charge in [0.15, 0.2) is 0 Å². The molecule has 5 rings (SSSR count). The average Bonchev–Trinajstić information content (AvgIpc) is 3.44. The van der Waals surface area contributed by atoms with Crippen LogP contribution in [0.15, 0.2) is 0 Å². The molecular weight excluding hydrogens is 495 g/mol. The van der Waals surface area contributed by atoms with Gasteiger partial charge in [-0.25, -0.2) is 15.2 Å². The van der Waals surface area contributed by atoms with Crippen molar-refractivity contribution >= 4 is 0 Å². The van der Waals surface area contributed by atoms with Crippen LogP contribution in [0.4, 0.5) is 30.7 Å². The van der Waals surface area contributed by atoms with Crippen LogP contribution in [-0.4, -0.2) is 66.7 Å². The summed E-state index contributed by atoms with van der Waals surface area (Å²) in [6.45, 7) is 0.516. The fourth-order valence-corrected chi connectivity index (χ4v) is 7.40. The Hall–Kier alpha value is -0.730. The molecule has 11 atom stereocenters. The molecule has 0 aromatic rings. The number of nitrogens with one attached hydrogen (secondary N) is 3. The second kappa shape index (κ2) is 10.1. The summed E-state index contributed by atoms with van der Waals surface area (Å²) in [6, 6.07) is -1.90. The number of piperidine rings is 1. The summed E-state index contributed by atoms with van der Waals surface area (Å²) < 4.78 is 106. The van der Waals surface area contributed by atoms with Crippen LogP contribution in [0, 0.1) is 23.7 Å². The van der Waals surface area contributed by atoms with E-state index in [9.17, 15) is 30.7 Å². The van der Waals surface area contributed by atoms with E-state index in [2.05, 4.69) is 16.2 Å². The molecule has 1 aliphatic carbocycles. The monoisotopic (exact) mass is 531 g/mol. The average molecular weight is 532 g/mol. The van der Waals surface area contributed by atoms with Crippen molar-refractivity contribution < 1.29 is 35.5 Å². The van der Waals surface area contributed by atoms with Gasteiger partial charge in [-0.2, -0.15) is 26.3 Å². The first-order chi connectivity index (χ1) is 16.9. The lowest BCUT2D eigenvalue weighted by Crippen LogP contribution is -2.70. The van der Waals surface area contributed by atoms with Crippen LogP contribution >= 0.6 is 0 Å². The predicted molar refractivity (Wildman–Crippen MR) is 117 cm³/mol. The minimum atomic E-state index is -4.71. The van der Waals surface area contributed by atoms with E-state index in [4.69, 9.17) is 10.5 Å². The molecule has 208 valence electrons. The van der Waals surface area contributed by atoms with E-state index in [1.54, 1.807) is 0 Å². The van der Waals surface area contributed by atoms with Gasteiger partial charge < -0.3 is 10.5 Å². The van der Waals surface area contributed by atoms with Crippen LogP contribution in [0.2, 0.25) is 0 Å². The molecule has 36 heavy (non-hydrogen) atoms. The van der Waals surface area contributed by atoms with Crippen molar-refractivity contribution in [2.45, 2.75) is 113 Å². The minimum Gasteiger partial charge on any atom is -0.340 e. The summed E-state index contributed by atoms with van der Waals surface area (Å²) >= 11 is 0. The van der Waals surface area contributed by atoms with Gasteiger partial charge in [0.25, 0.3) is 0 Å². The zero-order valence-corrected chi connectivity index (χ0v) is 20.0. The Morgan fingerprint density at radius 1 is 0.833 bits per heavy atom. The number of ether oxygens (including phenoxy) is 1. The fourth-order valence-electron chi connectivity index (χ4n) is 7.40. The first-order valence-corrected chi connectivity index (χ1v) is 13.1. The maximum Gasteiger partial charge on any atom is 0.396 e. The Morgan fingerprint density at radius 2 is 1.56 bits per heavy atom. The third kappa shape index (κ3) is 5.25. The molecular formula is C23H36F7N5O. The number of hydrogen-bond donors (Lipinski definition) is 4. The first-order valence-electron chi connectivity index (χ1n) is 13.1. The lowest BCUT2D eigenvalue weighted by molar-refractivity contribution is -0.236. The van der Waals surface area contributed by atoms with Gasteiger partial charge in [0.05, 0.1) is 18.1 Å². The quantitative estimate of drug-likeness (QED) is 0.359. The topological polar surface area (TPSA) is 74.6 Å². The summed E-state index contributed by atoms with van der Waals surface area (Å²) in [5.74, 6) is -5.07. The molecule has 6 nitrogen and oxygen atoms in total. The normalized spacial score (nSPS) is 47.2. The fraction of sp³-hybridized carbons (Fsp3) is 1.00. The third-order valence-corrected chi connectivity index (χ3v) is 9.16. The highest BCUT2D eigenvalue weighted by Crippen LogP contribution is 2.47. The van der Waals surface area contributed by atoms with Gasteiger partial charge in [0.2, 0.25) is 0 Å². The molecule has 1 saturated carbocycles. The lowest BCUT2D eigenvalue weighted by Gasteiger charge is -2.48. The highest BCUT2D eigenvalue weighted by atomic mass is 19.4. The van der Waals surface area contributed by atoms with E-state index in [1.165, 1.54) is 0 Å². The number of alkyl halides is 7. The molecule has 4 heterocycles. The van der Waals surface area contributed by atoms with Gasteiger partial charge in [0.1, 0.15) is 24.5 Å². The van der Waals surface area contributed by atoms with Crippen molar-refractivity contribution in [1.29, 1.82) is 0 Å². The molecule has 9 unspecified atom stereocenters. The van der Waals surface area contributed by atoms with Crippen molar-refractivity contribution in [3.63, 3.8) is 0 Å². The van der Waals surface area contributed by atoms with Crippen molar-refractivity contribution in [2.75, 3.05) is 6.54 Å². The number of fused-ring (bicyclic) bond motifs is 9. The van der Waals surface area contributed by atoms with Crippen LogP contribution in [-0.2, 0) is 4.74 Å². The number of hydrogen-bond acceptors (Lipinski definition) is 6. The van der Waals surface area contributed by atoms with Crippen LogP contribution in [0.1, 0.15) is 57.8 Å². The SMILES string of the molecule is NC1CC(C(F)(F)F)C2NC1C1NNC(O1)[C@@H](C(F)(F)F)C1CC(CCC[C@@H]3CCCN23)CCC1F. The summed E-state index contributed by atoms with van der Waals surface area (Å²) in [4.78, 5) is 1.89. The van der Waals surface area contributed by atoms with Crippen molar-refractivity contribution in [3.8, 4) is 0 Å². The molecule has 4 aliphatic heterocycles. The van der Waals surface area contributed by atoms with Gasteiger partial charge >= 0.3 is 12.4 Å². The number of nitrogens with two attached hydrogens (primary N) is 1. The molecule has 4 saturated heterocycles. The smallest absolute Gasteiger partial charge is 0.340 e. The van der Waals surface area contributed by atoms with E-state index >= 15 is 0 Å². The Bertz CT molecular complexity index is 770. The molecule has 0 radical (unpaired) electrons. The highest BCUT2D eigenvalue weighted by molar-refractivity contribution is 5.03. The Balaban J connectivity index is 1.47. The number of nitrogens with zero attached hydrogens (tertiary/aromatic N) is 1. The van der Waals surface area contributed by atoms with Gasteiger partial charge in [0, 0.05) is 18.0 Å². The standard InChI is InChI=1S/C23H36F7N5O/c24-15-7-6-11-3-1-4-12-5-2-8-35(12)19-14(22(25,26)27)10-16(31)18(32-19)21-34-33-20(36-21)17(13(15)9-11)23(28,29)30/h11-21,32-34H,1-10,31H2/t11?,12-,13?,14?,15?,16?,17+,18?,19?,20?,21?/m1/s1. The second-order valence-corrected chi connectivity index (χ2v) is 11.3. The molecule has 5 N–H and O–H groups in total. The summed E-state index contributed by atoms with van der Waals surface area (Å²) in [5, 5.41) is 3.04. The molecule has 0 aromatic heterocycles. The zero-order valence-electron chi connectivity index (χ0n) is 20.0. The molecule has 5 fully saturated rings. The van der Waals surface area contributed by atoms with Crippen molar-refractivity contribution in [2.24, 2.45) is 29.4 Å². The number of rotatable bonds is 0. The molecule has 0 aromatic carbocycles. The molecule has 0 amide bonds. The zero-order chi connectivity index (χ0) is 25.8. The largest absolute Gasteiger partial charge is 0.396 e. The van der Waals surface area contributed by atoms with Crippen LogP contribution < -0.4 is 21.9 Å². The highest BCUT2D eigenvalue weighted by Gasteiger charge is 2.58. The molecule has 0 spiro atoms.